The average Bonchev–Trinajstić information content (AvgIpc) is 3.16. The number of hydrogen-bond acceptors (Lipinski definition) is 2. The maximum absolute atomic E-state index is 6.08. The minimum Gasteiger partial charge on any atom is -0.363 e. The molecule has 1 aliphatic heterocycles. The van der Waals surface area contributed by atoms with Crippen molar-refractivity contribution in [1.29, 1.82) is 0 Å². The van der Waals surface area contributed by atoms with E-state index in [4.69, 9.17) is 9.84 Å². The summed E-state index contributed by atoms with van der Waals surface area (Å²) in [5, 5.41) is 4.74. The Bertz CT molecular complexity index is 882. The first kappa shape index (κ1) is 13.0. The average molecular weight is 304 g/mol. The van der Waals surface area contributed by atoms with Crippen LogP contribution in [0, 0.1) is 6.92 Å². The van der Waals surface area contributed by atoms with Gasteiger partial charge in [0.2, 0.25) is 6.33 Å². The highest BCUT2D eigenvalue weighted by atomic mass is 16.5. The topological polar surface area (TPSA) is 30.9 Å². The van der Waals surface area contributed by atoms with Gasteiger partial charge in [-0.2, -0.15) is 0 Å². The summed E-state index contributed by atoms with van der Waals surface area (Å²) in [6.45, 7) is 2.68. The molecule has 0 radical (unpaired) electrons. The molecule has 0 N–H and O–H groups in total. The zero-order chi connectivity index (χ0) is 15.4. The number of nitrogens with zero attached hydrogens (tertiary/aromatic N) is 3. The Morgan fingerprint density at radius 3 is 2.83 bits per heavy atom. The predicted octanol–water partition coefficient (Wildman–Crippen LogP) is 2.51. The van der Waals surface area contributed by atoms with E-state index in [1.165, 1.54) is 16.7 Å². The molecular weight excluding hydrogens is 286 g/mol. The van der Waals surface area contributed by atoms with Crippen molar-refractivity contribution in [2.45, 2.75) is 32.1 Å². The van der Waals surface area contributed by atoms with Crippen LogP contribution in [-0.4, -0.2) is 15.9 Å². The Labute approximate surface area is 135 Å². The smallest absolute Gasteiger partial charge is 0.304 e. The fraction of sp³-hybridized carbons (Fsp3) is 0.263. The Kier molecular flexibility index (Phi) is 2.70. The second-order valence-corrected chi connectivity index (χ2v) is 6.42. The molecule has 0 bridgehead atoms. The highest BCUT2D eigenvalue weighted by Crippen LogP contribution is 2.35. The standard InChI is InChI=1S/C19H18N3O/c1-13-6-8-15(9-7-13)22-12-21-18(20-22)11-23-17-10-14-4-2-3-5-16(14)19(17)21/h2-9,12,17,19H,10-11H2,1H3/q+1/t17-,19+/m1/s1. The number of aryl methyl sites for hydroxylation is 1. The normalized spacial score (nSPS) is 21.6. The molecule has 23 heavy (non-hydrogen) atoms. The van der Waals surface area contributed by atoms with Crippen molar-refractivity contribution in [3.63, 3.8) is 0 Å². The minimum absolute atomic E-state index is 0.223. The van der Waals surface area contributed by atoms with Gasteiger partial charge < -0.3 is 4.74 Å². The lowest BCUT2D eigenvalue weighted by Gasteiger charge is -2.23. The first-order valence-corrected chi connectivity index (χ1v) is 8.06. The molecule has 0 saturated heterocycles. The van der Waals surface area contributed by atoms with Crippen LogP contribution in [0.5, 0.6) is 0 Å². The number of benzene rings is 2. The van der Waals surface area contributed by atoms with Crippen LogP contribution >= 0.6 is 0 Å². The first-order valence-electron chi connectivity index (χ1n) is 8.06. The van der Waals surface area contributed by atoms with E-state index in [0.29, 0.717) is 6.61 Å². The van der Waals surface area contributed by atoms with Gasteiger partial charge in [-0.3, -0.25) is 0 Å². The summed E-state index contributed by atoms with van der Waals surface area (Å²) >= 11 is 0. The maximum atomic E-state index is 6.08. The zero-order valence-corrected chi connectivity index (χ0v) is 13.0. The van der Waals surface area contributed by atoms with Gasteiger partial charge in [0.1, 0.15) is 24.4 Å². The number of rotatable bonds is 1. The number of aromatic nitrogens is 3. The van der Waals surface area contributed by atoms with Crippen LogP contribution in [0.1, 0.15) is 28.6 Å². The summed E-state index contributed by atoms with van der Waals surface area (Å²) in [7, 11) is 0. The molecule has 5 rings (SSSR count). The first-order chi connectivity index (χ1) is 11.3. The van der Waals surface area contributed by atoms with Crippen LogP contribution in [0.2, 0.25) is 0 Å². The van der Waals surface area contributed by atoms with E-state index in [0.717, 1.165) is 17.9 Å². The number of fused-ring (bicyclic) bond motifs is 5. The third kappa shape index (κ3) is 1.95. The molecule has 3 aromatic rings. The van der Waals surface area contributed by atoms with Gasteiger partial charge in [-0.15, -0.1) is 0 Å². The highest BCUT2D eigenvalue weighted by molar-refractivity contribution is 5.36. The Balaban J connectivity index is 1.61. The van der Waals surface area contributed by atoms with E-state index in [-0.39, 0.29) is 12.1 Å². The number of ether oxygens (including phenoxy) is 1. The Morgan fingerprint density at radius 1 is 1.13 bits per heavy atom. The molecule has 2 atom stereocenters. The van der Waals surface area contributed by atoms with Crippen molar-refractivity contribution in [1.82, 2.24) is 9.78 Å². The van der Waals surface area contributed by atoms with Crippen molar-refractivity contribution in [2.75, 3.05) is 0 Å². The lowest BCUT2D eigenvalue weighted by atomic mass is 10.1. The molecule has 0 fully saturated rings. The molecule has 1 aliphatic carbocycles. The van der Waals surface area contributed by atoms with E-state index in [1.807, 2.05) is 4.68 Å². The van der Waals surface area contributed by atoms with E-state index in [9.17, 15) is 0 Å². The molecule has 0 amide bonds. The van der Waals surface area contributed by atoms with Crippen molar-refractivity contribution < 1.29 is 9.30 Å². The zero-order valence-electron chi connectivity index (χ0n) is 13.0. The summed E-state index contributed by atoms with van der Waals surface area (Å²) in [6, 6.07) is 17.3. The van der Waals surface area contributed by atoms with Crippen molar-refractivity contribution in [3.8, 4) is 5.69 Å². The van der Waals surface area contributed by atoms with Crippen molar-refractivity contribution in [3.05, 3.63) is 77.4 Å². The monoisotopic (exact) mass is 304 g/mol. The summed E-state index contributed by atoms with van der Waals surface area (Å²) in [5.41, 5.74) is 5.10. The lowest BCUT2D eigenvalue weighted by molar-refractivity contribution is -0.739. The minimum atomic E-state index is 0.223. The van der Waals surface area contributed by atoms with Gasteiger partial charge in [0.25, 0.3) is 0 Å². The van der Waals surface area contributed by atoms with Crippen molar-refractivity contribution in [2.24, 2.45) is 0 Å². The molecular formula is C19H18N3O+. The third-order valence-corrected chi connectivity index (χ3v) is 4.93. The predicted molar refractivity (Wildman–Crippen MR) is 85.4 cm³/mol. The quantitative estimate of drug-likeness (QED) is 0.647. The van der Waals surface area contributed by atoms with Gasteiger partial charge in [-0.05, 0) is 30.2 Å². The summed E-state index contributed by atoms with van der Waals surface area (Å²) in [5.74, 6) is 0.989. The highest BCUT2D eigenvalue weighted by Gasteiger charge is 2.43. The summed E-state index contributed by atoms with van der Waals surface area (Å²) in [4.78, 5) is 0. The molecule has 0 saturated carbocycles. The molecule has 114 valence electrons. The molecule has 2 aliphatic rings. The van der Waals surface area contributed by atoms with Crippen LogP contribution < -0.4 is 4.57 Å². The summed E-state index contributed by atoms with van der Waals surface area (Å²) < 4.78 is 10.3. The van der Waals surface area contributed by atoms with Crippen LogP contribution in [-0.2, 0) is 17.8 Å². The largest absolute Gasteiger partial charge is 0.363 e. The van der Waals surface area contributed by atoms with Crippen molar-refractivity contribution >= 4 is 0 Å². The molecule has 2 heterocycles. The van der Waals surface area contributed by atoms with Gasteiger partial charge >= 0.3 is 5.82 Å². The SMILES string of the molecule is Cc1ccc(-n2c[n+]3c(n2)CO[C@@H]2Cc4ccccc4[C@@H]23)cc1. The Hall–Kier alpha value is -2.46. The molecule has 4 nitrogen and oxygen atoms in total. The van der Waals surface area contributed by atoms with Gasteiger partial charge in [-0.25, -0.2) is 4.57 Å². The molecule has 4 heteroatoms. The Morgan fingerprint density at radius 2 is 1.96 bits per heavy atom. The molecule has 0 unspecified atom stereocenters. The fourth-order valence-electron chi connectivity index (χ4n) is 3.74. The maximum Gasteiger partial charge on any atom is 0.304 e. The second-order valence-electron chi connectivity index (χ2n) is 6.42. The second kappa shape index (κ2) is 4.77. The van der Waals surface area contributed by atoms with Crippen LogP contribution in [0.15, 0.2) is 54.9 Å². The van der Waals surface area contributed by atoms with Crippen LogP contribution in [0.25, 0.3) is 5.69 Å². The van der Waals surface area contributed by atoms with Crippen LogP contribution in [0.3, 0.4) is 0 Å². The van der Waals surface area contributed by atoms with E-state index in [1.54, 1.807) is 0 Å². The van der Waals surface area contributed by atoms with E-state index >= 15 is 0 Å². The molecule has 0 spiro atoms. The van der Waals surface area contributed by atoms with E-state index < -0.39 is 0 Å². The third-order valence-electron chi connectivity index (χ3n) is 4.93. The van der Waals surface area contributed by atoms with Gasteiger partial charge in [0.05, 0.1) is 0 Å². The number of hydrogen-bond donors (Lipinski definition) is 0. The van der Waals surface area contributed by atoms with Crippen LogP contribution in [0.4, 0.5) is 0 Å². The van der Waals surface area contributed by atoms with Gasteiger partial charge in [0, 0.05) is 11.5 Å². The molecule has 1 aromatic heterocycles. The fourth-order valence-corrected chi connectivity index (χ4v) is 3.74. The van der Waals surface area contributed by atoms with Gasteiger partial charge in [-0.1, -0.05) is 46.6 Å². The summed E-state index contributed by atoms with van der Waals surface area (Å²) in [6.07, 6.45) is 3.33. The lowest BCUT2D eigenvalue weighted by Crippen LogP contribution is -2.51. The van der Waals surface area contributed by atoms with Gasteiger partial charge in [0.15, 0.2) is 0 Å². The molecule has 2 aromatic carbocycles. The van der Waals surface area contributed by atoms with E-state index in [2.05, 4.69) is 66.3 Å².